The Kier molecular flexibility index (Phi) is 6.16. The molecule has 0 fully saturated rings. The van der Waals surface area contributed by atoms with E-state index in [4.69, 9.17) is 19.7 Å². The zero-order chi connectivity index (χ0) is 21.8. The molecule has 0 atom stereocenters. The van der Waals surface area contributed by atoms with Gasteiger partial charge >= 0.3 is 0 Å². The fourth-order valence-electron chi connectivity index (χ4n) is 3.43. The molecule has 1 aliphatic carbocycles. The molecule has 4 rings (SSSR count). The van der Waals surface area contributed by atoms with Crippen LogP contribution in [0.3, 0.4) is 0 Å². The van der Waals surface area contributed by atoms with Crippen LogP contribution in [-0.4, -0.2) is 49.0 Å². The van der Waals surface area contributed by atoms with Gasteiger partial charge in [-0.1, -0.05) is 18.2 Å². The second kappa shape index (κ2) is 9.16. The van der Waals surface area contributed by atoms with Crippen LogP contribution in [0.1, 0.15) is 34.3 Å². The third-order valence-electron chi connectivity index (χ3n) is 5.10. The number of benzene rings is 2. The van der Waals surface area contributed by atoms with Gasteiger partial charge in [-0.25, -0.2) is 10.5 Å². The van der Waals surface area contributed by atoms with Gasteiger partial charge < -0.3 is 14.4 Å². The lowest BCUT2D eigenvalue weighted by Crippen LogP contribution is -2.19. The maximum absolute atomic E-state index is 11.7. The molecular formula is C24H25N3O4. The van der Waals surface area contributed by atoms with Gasteiger partial charge in [0, 0.05) is 29.7 Å². The maximum atomic E-state index is 11.7. The molecule has 1 heterocycles. The first kappa shape index (κ1) is 20.8. The Morgan fingerprint density at radius 3 is 2.77 bits per heavy atom. The summed E-state index contributed by atoms with van der Waals surface area (Å²) < 4.78 is 12.2. The summed E-state index contributed by atoms with van der Waals surface area (Å²) in [6, 6.07) is 12.7. The highest BCUT2D eigenvalue weighted by Crippen LogP contribution is 2.35. The smallest absolute Gasteiger partial charge is 0.274 e. The molecule has 0 radical (unpaired) electrons. The molecule has 0 saturated carbocycles. The van der Waals surface area contributed by atoms with Crippen LogP contribution in [0, 0.1) is 0 Å². The van der Waals surface area contributed by atoms with Gasteiger partial charge in [-0.2, -0.15) is 0 Å². The molecule has 0 unspecified atom stereocenters. The molecule has 0 saturated heterocycles. The zero-order valence-corrected chi connectivity index (χ0v) is 17.6. The highest BCUT2D eigenvalue weighted by Gasteiger charge is 2.22. The van der Waals surface area contributed by atoms with E-state index >= 15 is 0 Å². The van der Waals surface area contributed by atoms with Crippen LogP contribution in [0.4, 0.5) is 0 Å². The van der Waals surface area contributed by atoms with Gasteiger partial charge in [0.05, 0.1) is 5.71 Å². The highest BCUT2D eigenvalue weighted by molar-refractivity contribution is 6.15. The van der Waals surface area contributed by atoms with Gasteiger partial charge in [0.1, 0.15) is 29.6 Å². The number of aliphatic imine (C=N–C) groups is 1. The minimum Gasteiger partial charge on any atom is -0.492 e. The van der Waals surface area contributed by atoms with E-state index in [1.807, 2.05) is 50.5 Å². The molecule has 0 aromatic heterocycles. The monoisotopic (exact) mass is 419 g/mol. The molecule has 7 heteroatoms. The Labute approximate surface area is 181 Å². The van der Waals surface area contributed by atoms with Crippen molar-refractivity contribution < 1.29 is 19.5 Å². The van der Waals surface area contributed by atoms with Gasteiger partial charge in [-0.15, -0.1) is 0 Å². The van der Waals surface area contributed by atoms with Gasteiger partial charge in [0.25, 0.3) is 5.91 Å². The highest BCUT2D eigenvalue weighted by atomic mass is 16.5. The summed E-state index contributed by atoms with van der Waals surface area (Å²) in [6.07, 6.45) is 5.77. The van der Waals surface area contributed by atoms with Crippen molar-refractivity contribution in [1.82, 2.24) is 10.4 Å². The average Bonchev–Trinajstić information content (AvgIpc) is 2.95. The Bertz CT molecular complexity index is 1070. The number of allylic oxidation sites excluding steroid dienone is 3. The fraction of sp³-hybridized carbons (Fsp3) is 0.250. The number of hydrogen-bond acceptors (Lipinski definition) is 6. The number of rotatable bonds is 6. The molecule has 1 aliphatic heterocycles. The van der Waals surface area contributed by atoms with Crippen molar-refractivity contribution in [2.75, 3.05) is 27.2 Å². The molecule has 2 N–H and O–H groups in total. The number of hydrogen-bond donors (Lipinski definition) is 2. The fourth-order valence-corrected chi connectivity index (χ4v) is 3.43. The standard InChI is InChI=1S/C24H25N3O4/c1-27(2)13-14-30-18-11-12-21-19(15-18)23(25-20-5-3-4-6-22(20)31-21)16-7-9-17(10-8-16)24(28)26-29/h3,5,7-12,15,29H,4,6,13-14H2,1-2H3,(H,26,28). The molecule has 31 heavy (non-hydrogen) atoms. The number of nitrogens with zero attached hydrogens (tertiary/aromatic N) is 2. The molecular weight excluding hydrogens is 394 g/mol. The van der Waals surface area contributed by atoms with E-state index in [0.29, 0.717) is 12.2 Å². The number of carbonyl (C=O) groups excluding carboxylic acids is 1. The van der Waals surface area contributed by atoms with Crippen LogP contribution in [0.15, 0.2) is 71.1 Å². The van der Waals surface area contributed by atoms with Crippen LogP contribution in [-0.2, 0) is 0 Å². The SMILES string of the molecule is CN(C)CCOc1ccc2c(c1)C(c1ccc(C(=O)NO)cc1)=NC1=C(CCC=C1)O2. The van der Waals surface area contributed by atoms with Crippen LogP contribution >= 0.6 is 0 Å². The first-order chi connectivity index (χ1) is 15.0. The van der Waals surface area contributed by atoms with Crippen LogP contribution in [0.5, 0.6) is 11.5 Å². The lowest BCUT2D eigenvalue weighted by Gasteiger charge is -2.15. The minimum absolute atomic E-state index is 0.357. The molecule has 0 spiro atoms. The Balaban J connectivity index is 1.74. The number of hydroxylamine groups is 1. The van der Waals surface area contributed by atoms with Crippen LogP contribution < -0.4 is 15.0 Å². The van der Waals surface area contributed by atoms with E-state index in [1.54, 1.807) is 17.6 Å². The van der Waals surface area contributed by atoms with E-state index in [2.05, 4.69) is 11.0 Å². The summed E-state index contributed by atoms with van der Waals surface area (Å²) in [5.41, 5.74) is 5.20. The lowest BCUT2D eigenvalue weighted by molar-refractivity contribution is 0.0706. The summed E-state index contributed by atoms with van der Waals surface area (Å²) >= 11 is 0. The van der Waals surface area contributed by atoms with Gasteiger partial charge in [-0.05, 0) is 56.9 Å². The van der Waals surface area contributed by atoms with Crippen LogP contribution in [0.25, 0.3) is 0 Å². The van der Waals surface area contributed by atoms with Gasteiger partial charge in [-0.3, -0.25) is 10.0 Å². The molecule has 0 bridgehead atoms. The normalized spacial score (nSPS) is 14.9. The number of nitrogens with one attached hydrogen (secondary N) is 1. The minimum atomic E-state index is -0.560. The Morgan fingerprint density at radius 2 is 2.03 bits per heavy atom. The van der Waals surface area contributed by atoms with Gasteiger partial charge in [0.15, 0.2) is 0 Å². The second-order valence-electron chi connectivity index (χ2n) is 7.64. The number of amides is 1. The van der Waals surface area contributed by atoms with Crippen molar-refractivity contribution in [2.24, 2.45) is 4.99 Å². The lowest BCUT2D eigenvalue weighted by atomic mass is 9.99. The number of ether oxygens (including phenoxy) is 2. The van der Waals surface area contributed by atoms with Crippen molar-refractivity contribution in [3.63, 3.8) is 0 Å². The number of likely N-dealkylation sites (N-methyl/N-ethyl adjacent to an activating group) is 1. The predicted molar refractivity (Wildman–Crippen MR) is 118 cm³/mol. The first-order valence-electron chi connectivity index (χ1n) is 10.2. The summed E-state index contributed by atoms with van der Waals surface area (Å²) in [5.74, 6) is 1.74. The van der Waals surface area contributed by atoms with Crippen LogP contribution in [0.2, 0.25) is 0 Å². The largest absolute Gasteiger partial charge is 0.492 e. The first-order valence-corrected chi connectivity index (χ1v) is 10.2. The quantitative estimate of drug-likeness (QED) is 0.553. The molecule has 1 amide bonds. The van der Waals surface area contributed by atoms with Crippen molar-refractivity contribution >= 4 is 11.6 Å². The summed E-state index contributed by atoms with van der Waals surface area (Å²) in [7, 11) is 4.01. The summed E-state index contributed by atoms with van der Waals surface area (Å²) in [4.78, 5) is 18.7. The summed E-state index contributed by atoms with van der Waals surface area (Å²) in [5, 5.41) is 8.87. The van der Waals surface area contributed by atoms with Crippen molar-refractivity contribution in [2.45, 2.75) is 12.8 Å². The van der Waals surface area contributed by atoms with Crippen molar-refractivity contribution in [3.05, 3.63) is 82.8 Å². The third kappa shape index (κ3) is 4.68. The average molecular weight is 419 g/mol. The molecule has 2 aromatic rings. The molecule has 2 aliphatic rings. The molecule has 160 valence electrons. The van der Waals surface area contributed by atoms with E-state index in [0.717, 1.165) is 59.2 Å². The van der Waals surface area contributed by atoms with E-state index in [1.165, 1.54) is 0 Å². The maximum Gasteiger partial charge on any atom is 0.274 e. The number of carbonyl (C=O) groups is 1. The topological polar surface area (TPSA) is 83.4 Å². The molecule has 2 aromatic carbocycles. The Hall–Kier alpha value is -3.42. The van der Waals surface area contributed by atoms with Crippen molar-refractivity contribution in [1.29, 1.82) is 0 Å². The van der Waals surface area contributed by atoms with Crippen molar-refractivity contribution in [3.8, 4) is 11.5 Å². The third-order valence-corrected chi connectivity index (χ3v) is 5.10. The molecule has 7 nitrogen and oxygen atoms in total. The Morgan fingerprint density at radius 1 is 1.23 bits per heavy atom. The summed E-state index contributed by atoms with van der Waals surface area (Å²) in [6.45, 7) is 1.38. The number of fused-ring (bicyclic) bond motifs is 1. The van der Waals surface area contributed by atoms with E-state index in [9.17, 15) is 4.79 Å². The second-order valence-corrected chi connectivity index (χ2v) is 7.64. The zero-order valence-electron chi connectivity index (χ0n) is 17.6. The van der Waals surface area contributed by atoms with Gasteiger partial charge in [0.2, 0.25) is 0 Å². The van der Waals surface area contributed by atoms with E-state index < -0.39 is 5.91 Å². The predicted octanol–water partition coefficient (Wildman–Crippen LogP) is 3.54. The van der Waals surface area contributed by atoms with E-state index in [-0.39, 0.29) is 0 Å².